The van der Waals surface area contributed by atoms with Crippen molar-refractivity contribution in [2.45, 2.75) is 6.54 Å². The molecule has 0 radical (unpaired) electrons. The van der Waals surface area contributed by atoms with Gasteiger partial charge in [0.15, 0.2) is 0 Å². The number of nitrogens with one attached hydrogen (secondary N) is 1. The summed E-state index contributed by atoms with van der Waals surface area (Å²) in [7, 11) is 7.13. The Morgan fingerprint density at radius 1 is 1.29 bits per heavy atom. The summed E-state index contributed by atoms with van der Waals surface area (Å²) >= 11 is 0. The number of amides is 1. The van der Waals surface area contributed by atoms with Crippen LogP contribution in [0.4, 0.5) is 5.95 Å². The van der Waals surface area contributed by atoms with E-state index in [-0.39, 0.29) is 12.5 Å². The molecule has 0 saturated heterocycles. The Labute approximate surface area is 102 Å². The van der Waals surface area contributed by atoms with Crippen LogP contribution in [0.3, 0.4) is 0 Å². The fourth-order valence-corrected chi connectivity index (χ4v) is 1.26. The van der Waals surface area contributed by atoms with Crippen LogP contribution in [0.5, 0.6) is 0 Å². The number of aromatic nitrogens is 2. The van der Waals surface area contributed by atoms with Crippen molar-refractivity contribution in [3.8, 4) is 0 Å². The third-order valence-electron chi connectivity index (χ3n) is 2.29. The van der Waals surface area contributed by atoms with Crippen molar-refractivity contribution in [3.05, 3.63) is 18.0 Å². The van der Waals surface area contributed by atoms with Gasteiger partial charge in [-0.05, 0) is 7.05 Å². The second-order valence-corrected chi connectivity index (χ2v) is 4.07. The normalized spacial score (nSPS) is 10.1. The first kappa shape index (κ1) is 13.4. The third kappa shape index (κ3) is 3.99. The molecule has 0 aliphatic rings. The summed E-state index contributed by atoms with van der Waals surface area (Å²) in [6.45, 7) is 1.01. The smallest absolute Gasteiger partial charge is 0.241 e. The average Bonchev–Trinajstić information content (AvgIpc) is 2.30. The summed E-state index contributed by atoms with van der Waals surface area (Å²) in [4.78, 5) is 23.2. The summed E-state index contributed by atoms with van der Waals surface area (Å²) in [5.41, 5.74) is 1.02. The predicted molar refractivity (Wildman–Crippen MR) is 66.8 cm³/mol. The van der Waals surface area contributed by atoms with E-state index in [1.165, 1.54) is 0 Å². The van der Waals surface area contributed by atoms with Crippen LogP contribution in [0.2, 0.25) is 0 Å². The molecule has 6 heteroatoms. The van der Waals surface area contributed by atoms with Crippen LogP contribution in [0, 0.1) is 0 Å². The maximum absolute atomic E-state index is 11.5. The molecule has 0 saturated carbocycles. The topological polar surface area (TPSA) is 61.4 Å². The number of hydrogen-bond acceptors (Lipinski definition) is 5. The molecular formula is C11H19N5O. The Morgan fingerprint density at radius 2 is 1.88 bits per heavy atom. The van der Waals surface area contributed by atoms with Crippen LogP contribution in [0.15, 0.2) is 12.4 Å². The highest BCUT2D eigenvalue weighted by Gasteiger charge is 2.10. The molecule has 1 aromatic heterocycles. The zero-order valence-corrected chi connectivity index (χ0v) is 10.8. The average molecular weight is 237 g/mol. The molecule has 1 N–H and O–H groups in total. The number of anilines is 1. The zero-order valence-electron chi connectivity index (χ0n) is 10.8. The van der Waals surface area contributed by atoms with Gasteiger partial charge in [-0.2, -0.15) is 0 Å². The van der Waals surface area contributed by atoms with E-state index in [9.17, 15) is 4.79 Å². The second-order valence-electron chi connectivity index (χ2n) is 4.07. The van der Waals surface area contributed by atoms with Gasteiger partial charge in [0.05, 0.1) is 6.54 Å². The fourth-order valence-electron chi connectivity index (χ4n) is 1.26. The predicted octanol–water partition coefficient (Wildman–Crippen LogP) is -0.280. The Balaban J connectivity index is 2.63. The van der Waals surface area contributed by atoms with Crippen molar-refractivity contribution in [3.63, 3.8) is 0 Å². The molecule has 6 nitrogen and oxygen atoms in total. The van der Waals surface area contributed by atoms with E-state index < -0.39 is 0 Å². The summed E-state index contributed by atoms with van der Waals surface area (Å²) in [6, 6.07) is 0. The Bertz CT molecular complexity index is 363. The first-order valence-corrected chi connectivity index (χ1v) is 5.41. The van der Waals surface area contributed by atoms with Gasteiger partial charge in [0.25, 0.3) is 0 Å². The molecule has 1 amide bonds. The standard InChI is InChI=1S/C11H19N5O/c1-12-5-9-6-13-11(14-7-9)16(4)8-10(17)15(2)3/h6-7,12H,5,8H2,1-4H3. The SMILES string of the molecule is CNCc1cnc(N(C)CC(=O)N(C)C)nc1. The first-order chi connectivity index (χ1) is 8.04. The van der Waals surface area contributed by atoms with Gasteiger partial charge in [0.1, 0.15) is 0 Å². The van der Waals surface area contributed by atoms with Gasteiger partial charge in [-0.25, -0.2) is 9.97 Å². The molecule has 0 unspecified atom stereocenters. The maximum atomic E-state index is 11.5. The molecule has 0 aromatic carbocycles. The van der Waals surface area contributed by atoms with Crippen molar-refractivity contribution >= 4 is 11.9 Å². The van der Waals surface area contributed by atoms with Crippen LogP contribution in [-0.2, 0) is 11.3 Å². The van der Waals surface area contributed by atoms with E-state index >= 15 is 0 Å². The van der Waals surface area contributed by atoms with E-state index in [1.807, 2.05) is 7.05 Å². The molecule has 0 atom stereocenters. The Hall–Kier alpha value is -1.69. The van der Waals surface area contributed by atoms with Crippen molar-refractivity contribution < 1.29 is 4.79 Å². The number of rotatable bonds is 5. The highest BCUT2D eigenvalue weighted by molar-refractivity contribution is 5.80. The van der Waals surface area contributed by atoms with Crippen LogP contribution in [-0.4, -0.2) is 55.5 Å². The molecule has 0 aliphatic carbocycles. The molecule has 0 bridgehead atoms. The molecule has 1 aromatic rings. The lowest BCUT2D eigenvalue weighted by molar-refractivity contribution is -0.127. The molecule has 1 heterocycles. The molecule has 0 spiro atoms. The van der Waals surface area contributed by atoms with Crippen molar-refractivity contribution in [1.29, 1.82) is 0 Å². The maximum Gasteiger partial charge on any atom is 0.241 e. The zero-order chi connectivity index (χ0) is 12.8. The number of likely N-dealkylation sites (N-methyl/N-ethyl adjacent to an activating group) is 2. The fraction of sp³-hybridized carbons (Fsp3) is 0.545. The van der Waals surface area contributed by atoms with Gasteiger partial charge >= 0.3 is 0 Å². The number of hydrogen-bond donors (Lipinski definition) is 1. The van der Waals surface area contributed by atoms with E-state index in [4.69, 9.17) is 0 Å². The van der Waals surface area contributed by atoms with E-state index in [0.29, 0.717) is 5.95 Å². The lowest BCUT2D eigenvalue weighted by atomic mass is 10.3. The monoisotopic (exact) mass is 237 g/mol. The largest absolute Gasteiger partial charge is 0.347 e. The quantitative estimate of drug-likeness (QED) is 0.763. The molecular weight excluding hydrogens is 218 g/mol. The molecule has 0 aliphatic heterocycles. The Morgan fingerprint density at radius 3 is 2.35 bits per heavy atom. The number of nitrogens with zero attached hydrogens (tertiary/aromatic N) is 4. The van der Waals surface area contributed by atoms with Gasteiger partial charge in [0, 0.05) is 45.6 Å². The van der Waals surface area contributed by atoms with Gasteiger partial charge in [-0.1, -0.05) is 0 Å². The number of carbonyl (C=O) groups is 1. The van der Waals surface area contributed by atoms with Crippen LogP contribution in [0.1, 0.15) is 5.56 Å². The third-order valence-corrected chi connectivity index (χ3v) is 2.29. The Kier molecular flexibility index (Phi) is 4.84. The van der Waals surface area contributed by atoms with Gasteiger partial charge < -0.3 is 15.1 Å². The lowest BCUT2D eigenvalue weighted by Crippen LogP contribution is -2.35. The first-order valence-electron chi connectivity index (χ1n) is 5.41. The molecule has 1 rings (SSSR count). The van der Waals surface area contributed by atoms with Crippen molar-refractivity contribution in [1.82, 2.24) is 20.2 Å². The van der Waals surface area contributed by atoms with Crippen LogP contribution in [0.25, 0.3) is 0 Å². The summed E-state index contributed by atoms with van der Waals surface area (Å²) in [6.07, 6.45) is 3.52. The van der Waals surface area contributed by atoms with Gasteiger partial charge in [-0.15, -0.1) is 0 Å². The van der Waals surface area contributed by atoms with Crippen molar-refractivity contribution in [2.75, 3.05) is 39.6 Å². The van der Waals surface area contributed by atoms with Gasteiger partial charge in [0.2, 0.25) is 11.9 Å². The van der Waals surface area contributed by atoms with E-state index in [0.717, 1.165) is 12.1 Å². The summed E-state index contributed by atoms with van der Waals surface area (Å²) < 4.78 is 0. The minimum Gasteiger partial charge on any atom is -0.347 e. The van der Waals surface area contributed by atoms with E-state index in [2.05, 4.69) is 15.3 Å². The summed E-state index contributed by atoms with van der Waals surface area (Å²) in [5, 5.41) is 3.03. The van der Waals surface area contributed by atoms with E-state index in [1.54, 1.807) is 43.3 Å². The molecule has 94 valence electrons. The number of carbonyl (C=O) groups excluding carboxylic acids is 1. The molecule has 17 heavy (non-hydrogen) atoms. The van der Waals surface area contributed by atoms with Crippen molar-refractivity contribution in [2.24, 2.45) is 0 Å². The highest BCUT2D eigenvalue weighted by atomic mass is 16.2. The minimum absolute atomic E-state index is 0.0235. The minimum atomic E-state index is 0.0235. The van der Waals surface area contributed by atoms with Crippen LogP contribution >= 0.6 is 0 Å². The molecule has 0 fully saturated rings. The van der Waals surface area contributed by atoms with Gasteiger partial charge in [-0.3, -0.25) is 4.79 Å². The van der Waals surface area contributed by atoms with Crippen LogP contribution < -0.4 is 10.2 Å². The lowest BCUT2D eigenvalue weighted by Gasteiger charge is -2.19. The summed E-state index contributed by atoms with van der Waals surface area (Å²) in [5.74, 6) is 0.579. The second kappa shape index (κ2) is 6.15. The highest BCUT2D eigenvalue weighted by Crippen LogP contribution is 2.04.